The van der Waals surface area contributed by atoms with Gasteiger partial charge in [-0.3, -0.25) is 4.90 Å². The summed E-state index contributed by atoms with van der Waals surface area (Å²) in [5, 5.41) is 0.827. The number of rotatable bonds is 5. The van der Waals surface area contributed by atoms with Crippen molar-refractivity contribution in [2.45, 2.75) is 31.7 Å². The molecular weight excluding hydrogens is 349 g/mol. The van der Waals surface area contributed by atoms with Crippen LogP contribution in [0.1, 0.15) is 24.0 Å². The summed E-state index contributed by atoms with van der Waals surface area (Å²) in [5.41, 5.74) is 2.92. The number of hydrogen-bond acceptors (Lipinski definition) is 1. The molecule has 0 bridgehead atoms. The van der Waals surface area contributed by atoms with Gasteiger partial charge in [0, 0.05) is 49.1 Å². The van der Waals surface area contributed by atoms with E-state index in [-0.39, 0.29) is 12.2 Å². The topological polar surface area (TPSA) is 19.0 Å². The molecule has 5 heteroatoms. The standard InChI is InChI=1S/C22H23F3N2/c23-19-8-9-21-20(12-19)17(13-26-21)14-27-11-10-22(24,25)18(15-27)7-6-16-4-2-1-3-5-16/h1-5,8-9,12-13,18,26H,6-7,10-11,14-15H2/t18-/m1/s1. The fraction of sp³-hybridized carbons (Fsp3) is 0.364. The van der Waals surface area contributed by atoms with Crippen molar-refractivity contribution in [3.8, 4) is 0 Å². The molecule has 1 aromatic heterocycles. The first-order chi connectivity index (χ1) is 13.0. The van der Waals surface area contributed by atoms with Crippen LogP contribution in [0.15, 0.2) is 54.7 Å². The minimum atomic E-state index is -2.63. The van der Waals surface area contributed by atoms with Gasteiger partial charge in [-0.05, 0) is 42.2 Å². The van der Waals surface area contributed by atoms with Crippen LogP contribution in [0.2, 0.25) is 0 Å². The molecule has 2 heterocycles. The van der Waals surface area contributed by atoms with Gasteiger partial charge in [0.25, 0.3) is 5.92 Å². The molecule has 1 aliphatic rings. The van der Waals surface area contributed by atoms with Crippen LogP contribution in [0.5, 0.6) is 0 Å². The second-order valence-electron chi connectivity index (χ2n) is 7.47. The number of benzene rings is 2. The number of fused-ring (bicyclic) bond motifs is 1. The number of alkyl halides is 2. The van der Waals surface area contributed by atoms with Crippen LogP contribution in [0.3, 0.4) is 0 Å². The Morgan fingerprint density at radius 2 is 1.93 bits per heavy atom. The van der Waals surface area contributed by atoms with E-state index in [1.165, 1.54) is 12.1 Å². The number of H-pyrrole nitrogens is 1. The van der Waals surface area contributed by atoms with E-state index in [1.54, 1.807) is 6.07 Å². The average Bonchev–Trinajstić information content (AvgIpc) is 3.05. The molecule has 0 saturated carbocycles. The number of nitrogens with zero attached hydrogens (tertiary/aromatic N) is 1. The molecule has 2 aromatic carbocycles. The van der Waals surface area contributed by atoms with Crippen molar-refractivity contribution >= 4 is 10.9 Å². The third-order valence-corrected chi connectivity index (χ3v) is 5.58. The number of piperidine rings is 1. The SMILES string of the molecule is Fc1ccc2[nH]cc(CN3CCC(F)(F)[C@H](CCc4ccccc4)C3)c2c1. The molecule has 0 amide bonds. The molecule has 0 radical (unpaired) electrons. The number of halogens is 3. The fourth-order valence-corrected chi connectivity index (χ4v) is 4.00. The summed E-state index contributed by atoms with van der Waals surface area (Å²) in [6.45, 7) is 1.28. The fourth-order valence-electron chi connectivity index (χ4n) is 4.00. The van der Waals surface area contributed by atoms with Gasteiger partial charge in [0.2, 0.25) is 0 Å². The summed E-state index contributed by atoms with van der Waals surface area (Å²) in [6, 6.07) is 14.4. The van der Waals surface area contributed by atoms with E-state index in [1.807, 2.05) is 36.5 Å². The maximum absolute atomic E-state index is 14.4. The summed E-state index contributed by atoms with van der Waals surface area (Å²) < 4.78 is 42.5. The Kier molecular flexibility index (Phi) is 4.96. The molecule has 142 valence electrons. The van der Waals surface area contributed by atoms with E-state index in [4.69, 9.17) is 0 Å². The highest BCUT2D eigenvalue weighted by atomic mass is 19.3. The van der Waals surface area contributed by atoms with E-state index < -0.39 is 11.8 Å². The minimum Gasteiger partial charge on any atom is -0.361 e. The van der Waals surface area contributed by atoms with Gasteiger partial charge in [-0.15, -0.1) is 0 Å². The highest BCUT2D eigenvalue weighted by Gasteiger charge is 2.43. The summed E-state index contributed by atoms with van der Waals surface area (Å²) in [7, 11) is 0. The summed E-state index contributed by atoms with van der Waals surface area (Å²) in [5.74, 6) is -3.57. The Labute approximate surface area is 157 Å². The van der Waals surface area contributed by atoms with Crippen LogP contribution >= 0.6 is 0 Å². The quantitative estimate of drug-likeness (QED) is 0.636. The number of likely N-dealkylation sites (tertiary alicyclic amines) is 1. The van der Waals surface area contributed by atoms with Gasteiger partial charge in [-0.1, -0.05) is 30.3 Å². The number of aromatic nitrogens is 1. The normalized spacial score (nSPS) is 20.2. The van der Waals surface area contributed by atoms with Crippen molar-refractivity contribution in [1.29, 1.82) is 0 Å². The first-order valence-electron chi connectivity index (χ1n) is 9.41. The lowest BCUT2D eigenvalue weighted by atomic mass is 9.88. The Morgan fingerprint density at radius 3 is 2.74 bits per heavy atom. The van der Waals surface area contributed by atoms with Crippen molar-refractivity contribution in [3.05, 3.63) is 71.7 Å². The number of aromatic amines is 1. The molecule has 3 aromatic rings. The van der Waals surface area contributed by atoms with E-state index in [2.05, 4.69) is 9.88 Å². The van der Waals surface area contributed by atoms with Crippen molar-refractivity contribution in [2.75, 3.05) is 13.1 Å². The maximum Gasteiger partial charge on any atom is 0.253 e. The number of nitrogens with one attached hydrogen (secondary N) is 1. The van der Waals surface area contributed by atoms with E-state index in [0.29, 0.717) is 32.5 Å². The van der Waals surface area contributed by atoms with E-state index >= 15 is 0 Å². The molecule has 2 nitrogen and oxygen atoms in total. The summed E-state index contributed by atoms with van der Waals surface area (Å²) in [6.07, 6.45) is 2.86. The zero-order chi connectivity index (χ0) is 18.9. The Hall–Kier alpha value is -2.27. The molecule has 0 unspecified atom stereocenters. The molecule has 1 N–H and O–H groups in total. The van der Waals surface area contributed by atoms with Gasteiger partial charge >= 0.3 is 0 Å². The van der Waals surface area contributed by atoms with Crippen LogP contribution in [0, 0.1) is 11.7 Å². The van der Waals surface area contributed by atoms with Crippen LogP contribution < -0.4 is 0 Å². The lowest BCUT2D eigenvalue weighted by Gasteiger charge is -2.38. The molecule has 1 saturated heterocycles. The Morgan fingerprint density at radius 1 is 1.11 bits per heavy atom. The molecular formula is C22H23F3N2. The van der Waals surface area contributed by atoms with Gasteiger partial charge in [0.1, 0.15) is 5.82 Å². The monoisotopic (exact) mass is 372 g/mol. The third-order valence-electron chi connectivity index (χ3n) is 5.58. The second-order valence-corrected chi connectivity index (χ2v) is 7.47. The Bertz CT molecular complexity index is 904. The van der Waals surface area contributed by atoms with Crippen LogP contribution in [-0.4, -0.2) is 28.9 Å². The highest BCUT2D eigenvalue weighted by Crippen LogP contribution is 2.37. The molecule has 27 heavy (non-hydrogen) atoms. The highest BCUT2D eigenvalue weighted by molar-refractivity contribution is 5.83. The minimum absolute atomic E-state index is 0.122. The summed E-state index contributed by atoms with van der Waals surface area (Å²) >= 11 is 0. The number of hydrogen-bond donors (Lipinski definition) is 1. The van der Waals surface area contributed by atoms with Gasteiger partial charge in [-0.2, -0.15) is 0 Å². The van der Waals surface area contributed by atoms with Crippen molar-refractivity contribution in [1.82, 2.24) is 9.88 Å². The lowest BCUT2D eigenvalue weighted by molar-refractivity contribution is -0.109. The first-order valence-corrected chi connectivity index (χ1v) is 9.41. The number of aryl methyl sites for hydroxylation is 1. The van der Waals surface area contributed by atoms with Gasteiger partial charge in [-0.25, -0.2) is 13.2 Å². The molecule has 4 rings (SSSR count). The molecule has 1 atom stereocenters. The average molecular weight is 372 g/mol. The third kappa shape index (κ3) is 4.03. The zero-order valence-corrected chi connectivity index (χ0v) is 15.1. The second kappa shape index (κ2) is 7.39. The van der Waals surface area contributed by atoms with Gasteiger partial charge in [0.05, 0.1) is 0 Å². The largest absolute Gasteiger partial charge is 0.361 e. The first kappa shape index (κ1) is 18.1. The zero-order valence-electron chi connectivity index (χ0n) is 15.1. The van der Waals surface area contributed by atoms with Gasteiger partial charge in [0.15, 0.2) is 0 Å². The Balaban J connectivity index is 1.45. The molecule has 0 aliphatic carbocycles. The van der Waals surface area contributed by atoms with Crippen molar-refractivity contribution in [2.24, 2.45) is 5.92 Å². The molecule has 0 spiro atoms. The smallest absolute Gasteiger partial charge is 0.253 e. The van der Waals surface area contributed by atoms with Gasteiger partial charge < -0.3 is 4.98 Å². The van der Waals surface area contributed by atoms with E-state index in [9.17, 15) is 13.2 Å². The molecule has 1 aliphatic heterocycles. The van der Waals surface area contributed by atoms with Crippen LogP contribution in [0.25, 0.3) is 10.9 Å². The lowest BCUT2D eigenvalue weighted by Crippen LogP contribution is -2.46. The van der Waals surface area contributed by atoms with Crippen LogP contribution in [0.4, 0.5) is 13.2 Å². The van der Waals surface area contributed by atoms with Crippen LogP contribution in [-0.2, 0) is 13.0 Å². The van der Waals surface area contributed by atoms with Crippen molar-refractivity contribution in [3.63, 3.8) is 0 Å². The predicted octanol–water partition coefficient (Wildman–Crippen LogP) is 5.40. The summed E-state index contributed by atoms with van der Waals surface area (Å²) in [4.78, 5) is 5.21. The van der Waals surface area contributed by atoms with Crippen molar-refractivity contribution < 1.29 is 13.2 Å². The predicted molar refractivity (Wildman–Crippen MR) is 101 cm³/mol. The maximum atomic E-state index is 14.4. The molecule has 1 fully saturated rings. The van der Waals surface area contributed by atoms with E-state index in [0.717, 1.165) is 22.0 Å².